The predicted molar refractivity (Wildman–Crippen MR) is 92.9 cm³/mol. The van der Waals surface area contributed by atoms with Crippen LogP contribution in [0.25, 0.3) is 5.65 Å². The van der Waals surface area contributed by atoms with Crippen LogP contribution in [-0.4, -0.2) is 33.7 Å². The number of rotatable bonds is 6. The van der Waals surface area contributed by atoms with Crippen LogP contribution in [0.2, 0.25) is 0 Å². The maximum atomic E-state index is 12.3. The number of nitrogens with one attached hydrogen (secondary N) is 1. The van der Waals surface area contributed by atoms with Crippen molar-refractivity contribution in [3.8, 4) is 11.6 Å². The lowest BCUT2D eigenvalue weighted by molar-refractivity contribution is 0.0946. The molecule has 0 aliphatic rings. The van der Waals surface area contributed by atoms with E-state index in [0.717, 1.165) is 11.3 Å². The summed E-state index contributed by atoms with van der Waals surface area (Å²) in [7, 11) is 1.54. The number of aromatic nitrogens is 3. The van der Waals surface area contributed by atoms with Gasteiger partial charge in [0.15, 0.2) is 5.65 Å². The molecule has 0 bridgehead atoms. The van der Waals surface area contributed by atoms with E-state index in [9.17, 15) is 4.79 Å². The number of hydrogen-bond acceptors (Lipinski definition) is 5. The highest BCUT2D eigenvalue weighted by Crippen LogP contribution is 2.14. The number of fused-ring (bicyclic) bond motifs is 1. The van der Waals surface area contributed by atoms with Crippen LogP contribution in [0.3, 0.4) is 0 Å². The molecule has 0 aliphatic carbocycles. The van der Waals surface area contributed by atoms with E-state index in [1.165, 1.54) is 11.6 Å². The third kappa shape index (κ3) is 4.06. The van der Waals surface area contributed by atoms with E-state index >= 15 is 0 Å². The van der Waals surface area contributed by atoms with E-state index in [1.54, 1.807) is 18.3 Å². The Morgan fingerprint density at radius 2 is 1.96 bits per heavy atom. The summed E-state index contributed by atoms with van der Waals surface area (Å²) in [6.45, 7) is 4.37. The zero-order valence-electron chi connectivity index (χ0n) is 14.4. The van der Waals surface area contributed by atoms with Gasteiger partial charge in [0, 0.05) is 12.6 Å². The van der Waals surface area contributed by atoms with Gasteiger partial charge in [-0.3, -0.25) is 4.79 Å². The largest absolute Gasteiger partial charge is 0.491 e. The van der Waals surface area contributed by atoms with E-state index in [-0.39, 0.29) is 12.0 Å². The Bertz CT molecular complexity index is 872. The molecular weight excluding hydrogens is 320 g/mol. The average molecular weight is 340 g/mol. The molecule has 0 saturated carbocycles. The molecule has 1 N–H and O–H groups in total. The first kappa shape index (κ1) is 16.8. The van der Waals surface area contributed by atoms with Gasteiger partial charge in [-0.25, -0.2) is 9.50 Å². The van der Waals surface area contributed by atoms with Gasteiger partial charge in [-0.2, -0.15) is 0 Å². The zero-order chi connectivity index (χ0) is 17.8. The summed E-state index contributed by atoms with van der Waals surface area (Å²) in [6.07, 6.45) is 1.71. The topological polar surface area (TPSA) is 77.8 Å². The normalized spacial score (nSPS) is 10.9. The summed E-state index contributed by atoms with van der Waals surface area (Å²) >= 11 is 0. The molecule has 0 spiro atoms. The van der Waals surface area contributed by atoms with E-state index in [4.69, 9.17) is 9.47 Å². The number of ether oxygens (including phenoxy) is 2. The van der Waals surface area contributed by atoms with Gasteiger partial charge < -0.3 is 14.8 Å². The fourth-order valence-electron chi connectivity index (χ4n) is 2.31. The Kier molecular flexibility index (Phi) is 4.83. The first-order chi connectivity index (χ1) is 12.0. The van der Waals surface area contributed by atoms with Crippen LogP contribution in [0, 0.1) is 0 Å². The van der Waals surface area contributed by atoms with E-state index in [2.05, 4.69) is 15.4 Å². The number of carbonyl (C=O) groups excluding carboxylic acids is 1. The van der Waals surface area contributed by atoms with Gasteiger partial charge in [-0.05, 0) is 37.6 Å². The van der Waals surface area contributed by atoms with Crippen LogP contribution in [0.15, 0.2) is 42.6 Å². The van der Waals surface area contributed by atoms with Crippen molar-refractivity contribution in [2.45, 2.75) is 26.5 Å². The van der Waals surface area contributed by atoms with Crippen molar-refractivity contribution in [1.29, 1.82) is 0 Å². The Morgan fingerprint density at radius 3 is 2.64 bits per heavy atom. The second-order valence-electron chi connectivity index (χ2n) is 5.80. The first-order valence-electron chi connectivity index (χ1n) is 7.99. The number of nitrogens with zero attached hydrogens (tertiary/aromatic N) is 3. The van der Waals surface area contributed by atoms with Crippen LogP contribution in [-0.2, 0) is 6.54 Å². The highest BCUT2D eigenvalue weighted by atomic mass is 16.5. The molecule has 0 unspecified atom stereocenters. The second-order valence-corrected chi connectivity index (χ2v) is 5.80. The Labute approximate surface area is 145 Å². The fraction of sp³-hybridized carbons (Fsp3) is 0.278. The Balaban J connectivity index is 1.64. The third-order valence-electron chi connectivity index (χ3n) is 3.49. The lowest BCUT2D eigenvalue weighted by Gasteiger charge is -2.10. The molecule has 0 radical (unpaired) electrons. The molecule has 3 rings (SSSR count). The summed E-state index contributed by atoms with van der Waals surface area (Å²) in [4.78, 5) is 16.5. The molecule has 130 valence electrons. The SMILES string of the molecule is COc1ccc2nc(C(=O)NCc3ccc(OC(C)C)cc3)cn2n1. The molecule has 0 saturated heterocycles. The van der Waals surface area contributed by atoms with Crippen LogP contribution in [0.4, 0.5) is 0 Å². The van der Waals surface area contributed by atoms with Gasteiger partial charge in [0.25, 0.3) is 5.91 Å². The summed E-state index contributed by atoms with van der Waals surface area (Å²) in [5, 5.41) is 7.04. The summed E-state index contributed by atoms with van der Waals surface area (Å²) in [6, 6.07) is 11.1. The monoisotopic (exact) mass is 340 g/mol. The van der Waals surface area contributed by atoms with Crippen LogP contribution < -0.4 is 14.8 Å². The van der Waals surface area contributed by atoms with E-state index in [0.29, 0.717) is 23.8 Å². The van der Waals surface area contributed by atoms with E-state index < -0.39 is 0 Å². The molecule has 1 amide bonds. The van der Waals surface area contributed by atoms with Crippen LogP contribution in [0.5, 0.6) is 11.6 Å². The van der Waals surface area contributed by atoms with Gasteiger partial charge in [0.1, 0.15) is 11.4 Å². The number of amides is 1. The van der Waals surface area contributed by atoms with E-state index in [1.807, 2.05) is 38.1 Å². The lowest BCUT2D eigenvalue weighted by Crippen LogP contribution is -2.23. The minimum atomic E-state index is -0.257. The third-order valence-corrected chi connectivity index (χ3v) is 3.49. The van der Waals surface area contributed by atoms with Gasteiger partial charge in [-0.1, -0.05) is 12.1 Å². The molecule has 0 aliphatic heterocycles. The quantitative estimate of drug-likeness (QED) is 0.746. The van der Waals surface area contributed by atoms with Crippen molar-refractivity contribution in [2.75, 3.05) is 7.11 Å². The molecule has 2 heterocycles. The van der Waals surface area contributed by atoms with Crippen molar-refractivity contribution in [3.63, 3.8) is 0 Å². The zero-order valence-corrected chi connectivity index (χ0v) is 14.4. The molecular formula is C18H20N4O3. The van der Waals surface area contributed by atoms with Gasteiger partial charge >= 0.3 is 0 Å². The molecule has 1 aromatic carbocycles. The Morgan fingerprint density at radius 1 is 1.20 bits per heavy atom. The highest BCUT2D eigenvalue weighted by molar-refractivity contribution is 5.92. The minimum absolute atomic E-state index is 0.132. The molecule has 25 heavy (non-hydrogen) atoms. The van der Waals surface area contributed by atoms with Crippen LogP contribution in [0.1, 0.15) is 29.9 Å². The number of imidazole rings is 1. The number of carbonyl (C=O) groups is 1. The predicted octanol–water partition coefficient (Wildman–Crippen LogP) is 2.46. The maximum Gasteiger partial charge on any atom is 0.271 e. The molecule has 3 aromatic rings. The number of methoxy groups -OCH3 is 1. The molecule has 0 fully saturated rings. The smallest absolute Gasteiger partial charge is 0.271 e. The summed E-state index contributed by atoms with van der Waals surface area (Å²) in [5.74, 6) is 1.01. The van der Waals surface area contributed by atoms with Gasteiger partial charge in [0.05, 0.1) is 19.4 Å². The van der Waals surface area contributed by atoms with Crippen molar-refractivity contribution in [3.05, 3.63) is 53.9 Å². The highest BCUT2D eigenvalue weighted by Gasteiger charge is 2.11. The fourth-order valence-corrected chi connectivity index (χ4v) is 2.31. The van der Waals surface area contributed by atoms with Crippen LogP contribution >= 0.6 is 0 Å². The number of benzene rings is 1. The maximum absolute atomic E-state index is 12.3. The van der Waals surface area contributed by atoms with Crippen molar-refractivity contribution in [1.82, 2.24) is 19.9 Å². The van der Waals surface area contributed by atoms with Crippen molar-refractivity contribution < 1.29 is 14.3 Å². The van der Waals surface area contributed by atoms with Crippen molar-refractivity contribution in [2.24, 2.45) is 0 Å². The standard InChI is InChI=1S/C18H20N4O3/c1-12(2)25-14-6-4-13(5-7-14)10-19-18(23)15-11-22-16(20-15)8-9-17(21-22)24-3/h4-9,11-12H,10H2,1-3H3,(H,19,23). The molecule has 7 heteroatoms. The molecule has 0 atom stereocenters. The Hall–Kier alpha value is -3.09. The van der Waals surface area contributed by atoms with Crippen molar-refractivity contribution >= 4 is 11.6 Å². The average Bonchev–Trinajstić information content (AvgIpc) is 3.03. The lowest BCUT2D eigenvalue weighted by atomic mass is 10.2. The molecule has 7 nitrogen and oxygen atoms in total. The minimum Gasteiger partial charge on any atom is -0.491 e. The van der Waals surface area contributed by atoms with Gasteiger partial charge in [-0.15, -0.1) is 5.10 Å². The van der Waals surface area contributed by atoms with Gasteiger partial charge in [0.2, 0.25) is 5.88 Å². The number of hydrogen-bond donors (Lipinski definition) is 1. The first-order valence-corrected chi connectivity index (χ1v) is 7.99. The summed E-state index contributed by atoms with van der Waals surface area (Å²) in [5.41, 5.74) is 1.87. The molecule has 2 aromatic heterocycles. The second kappa shape index (κ2) is 7.21. The summed E-state index contributed by atoms with van der Waals surface area (Å²) < 4.78 is 12.2.